The molecule has 0 amide bonds. The summed E-state index contributed by atoms with van der Waals surface area (Å²) in [7, 11) is 0. The van der Waals surface area contributed by atoms with Crippen LogP contribution >= 0.6 is 11.3 Å². The summed E-state index contributed by atoms with van der Waals surface area (Å²) in [4.78, 5) is 5.19. The quantitative estimate of drug-likeness (QED) is 0.880. The van der Waals surface area contributed by atoms with Gasteiger partial charge in [0.25, 0.3) is 0 Å². The van der Waals surface area contributed by atoms with E-state index in [0.717, 1.165) is 10.4 Å². The summed E-state index contributed by atoms with van der Waals surface area (Å²) in [5.41, 5.74) is 2.81. The maximum atomic E-state index is 12.0. The lowest BCUT2D eigenvalue weighted by Crippen LogP contribution is -2.17. The molecule has 6 heteroatoms. The number of thiazole rings is 1. The number of rotatable bonds is 6. The number of hydrogen-bond acceptors (Lipinski definition) is 4. The Hall–Kier alpha value is -1.53. The smallest absolute Gasteiger partial charge is 0.387 e. The molecule has 19 heavy (non-hydrogen) atoms. The second kappa shape index (κ2) is 6.58. The lowest BCUT2D eigenvalue weighted by molar-refractivity contribution is -0.0498. The Bertz CT molecular complexity index is 488. The van der Waals surface area contributed by atoms with Crippen LogP contribution in [0, 0.1) is 0 Å². The second-order valence-corrected chi connectivity index (χ2v) is 4.95. The van der Waals surface area contributed by atoms with Gasteiger partial charge in [-0.2, -0.15) is 8.78 Å². The predicted octanol–water partition coefficient (Wildman–Crippen LogP) is 3.60. The fraction of sp³-hybridized carbons (Fsp3) is 0.308. The van der Waals surface area contributed by atoms with Gasteiger partial charge in [0.2, 0.25) is 0 Å². The highest BCUT2D eigenvalue weighted by molar-refractivity contribution is 7.09. The van der Waals surface area contributed by atoms with Crippen LogP contribution in [0.1, 0.15) is 23.4 Å². The van der Waals surface area contributed by atoms with Crippen molar-refractivity contribution in [2.45, 2.75) is 26.1 Å². The Morgan fingerprint density at radius 1 is 1.32 bits per heavy atom. The zero-order valence-electron chi connectivity index (χ0n) is 10.3. The second-order valence-electron chi connectivity index (χ2n) is 4.03. The zero-order chi connectivity index (χ0) is 13.7. The molecule has 1 unspecified atom stereocenters. The van der Waals surface area contributed by atoms with Crippen LogP contribution in [0.4, 0.5) is 8.78 Å². The Labute approximate surface area is 114 Å². The van der Waals surface area contributed by atoms with Crippen LogP contribution in [-0.2, 0) is 6.54 Å². The first-order valence-electron chi connectivity index (χ1n) is 5.80. The molecule has 1 N–H and O–H groups in total. The summed E-state index contributed by atoms with van der Waals surface area (Å²) in [5.74, 6) is 0.175. The van der Waals surface area contributed by atoms with Gasteiger partial charge >= 0.3 is 6.61 Å². The highest BCUT2D eigenvalue weighted by Crippen LogP contribution is 2.18. The molecular formula is C13H14F2N2OS. The molecule has 1 aromatic carbocycles. The first-order valence-corrected chi connectivity index (χ1v) is 6.68. The molecule has 0 fully saturated rings. The summed E-state index contributed by atoms with van der Waals surface area (Å²) in [6, 6.07) is 6.83. The summed E-state index contributed by atoms with van der Waals surface area (Å²) < 4.78 is 28.3. The van der Waals surface area contributed by atoms with Gasteiger partial charge < -0.3 is 10.1 Å². The number of hydrogen-bond donors (Lipinski definition) is 1. The van der Waals surface area contributed by atoms with Crippen LogP contribution in [0.5, 0.6) is 5.75 Å². The van der Waals surface area contributed by atoms with Crippen LogP contribution in [0.25, 0.3) is 0 Å². The largest absolute Gasteiger partial charge is 0.435 e. The molecule has 0 saturated heterocycles. The minimum absolute atomic E-state index is 0.175. The fourth-order valence-corrected chi connectivity index (χ4v) is 2.25. The fourth-order valence-electron chi connectivity index (χ4n) is 1.60. The number of benzene rings is 1. The van der Waals surface area contributed by atoms with Crippen LogP contribution in [0.2, 0.25) is 0 Å². The molecule has 2 rings (SSSR count). The van der Waals surface area contributed by atoms with Gasteiger partial charge in [-0.15, -0.1) is 11.3 Å². The highest BCUT2D eigenvalue weighted by atomic mass is 32.1. The highest BCUT2D eigenvalue weighted by Gasteiger charge is 2.07. The molecule has 2 aromatic rings. The number of aromatic nitrogens is 1. The molecule has 0 aliphatic carbocycles. The van der Waals surface area contributed by atoms with Gasteiger partial charge in [0.15, 0.2) is 0 Å². The predicted molar refractivity (Wildman–Crippen MR) is 70.4 cm³/mol. The van der Waals surface area contributed by atoms with Crippen molar-refractivity contribution in [3.05, 3.63) is 46.4 Å². The van der Waals surface area contributed by atoms with Gasteiger partial charge in [0.05, 0.1) is 5.51 Å². The molecule has 1 aromatic heterocycles. The van der Waals surface area contributed by atoms with Gasteiger partial charge in [-0.05, 0) is 24.6 Å². The molecule has 0 aliphatic rings. The van der Waals surface area contributed by atoms with E-state index in [1.807, 2.05) is 6.20 Å². The van der Waals surface area contributed by atoms with Crippen molar-refractivity contribution in [1.29, 1.82) is 0 Å². The molecule has 1 heterocycles. The molecular weight excluding hydrogens is 270 g/mol. The Kier molecular flexibility index (Phi) is 4.81. The van der Waals surface area contributed by atoms with Crippen molar-refractivity contribution in [3.63, 3.8) is 0 Å². The van der Waals surface area contributed by atoms with Crippen molar-refractivity contribution in [3.8, 4) is 5.75 Å². The van der Waals surface area contributed by atoms with E-state index in [-0.39, 0.29) is 11.8 Å². The van der Waals surface area contributed by atoms with Gasteiger partial charge in [0.1, 0.15) is 5.75 Å². The van der Waals surface area contributed by atoms with Gasteiger partial charge in [-0.1, -0.05) is 12.1 Å². The molecule has 0 bridgehead atoms. The van der Waals surface area contributed by atoms with Crippen LogP contribution in [0.15, 0.2) is 36.0 Å². The van der Waals surface area contributed by atoms with E-state index in [1.54, 1.807) is 41.1 Å². The van der Waals surface area contributed by atoms with E-state index >= 15 is 0 Å². The standard InChI is InChI=1S/C13H14F2N2OS/c1-9(12-7-16-8-19-12)17-6-10-2-4-11(5-3-10)18-13(14)15/h2-5,7-9,13,17H,6H2,1H3. The lowest BCUT2D eigenvalue weighted by atomic mass is 10.2. The minimum Gasteiger partial charge on any atom is -0.435 e. The van der Waals surface area contributed by atoms with Crippen molar-refractivity contribution < 1.29 is 13.5 Å². The van der Waals surface area contributed by atoms with E-state index in [0.29, 0.717) is 6.54 Å². The van der Waals surface area contributed by atoms with Crippen LogP contribution < -0.4 is 10.1 Å². The average Bonchev–Trinajstić information content (AvgIpc) is 2.91. The van der Waals surface area contributed by atoms with Crippen LogP contribution in [0.3, 0.4) is 0 Å². The Morgan fingerprint density at radius 2 is 2.05 bits per heavy atom. The van der Waals surface area contributed by atoms with E-state index < -0.39 is 6.61 Å². The maximum Gasteiger partial charge on any atom is 0.387 e. The average molecular weight is 284 g/mol. The number of ether oxygens (including phenoxy) is 1. The van der Waals surface area contributed by atoms with Crippen molar-refractivity contribution in [2.75, 3.05) is 0 Å². The normalized spacial score (nSPS) is 12.6. The molecule has 102 valence electrons. The molecule has 0 aliphatic heterocycles. The number of nitrogens with one attached hydrogen (secondary N) is 1. The van der Waals surface area contributed by atoms with E-state index in [9.17, 15) is 8.78 Å². The van der Waals surface area contributed by atoms with E-state index in [4.69, 9.17) is 0 Å². The monoisotopic (exact) mass is 284 g/mol. The molecule has 1 atom stereocenters. The summed E-state index contributed by atoms with van der Waals surface area (Å²) in [5, 5.41) is 3.34. The van der Waals surface area contributed by atoms with Gasteiger partial charge in [-0.3, -0.25) is 4.98 Å². The maximum absolute atomic E-state index is 12.0. The lowest BCUT2D eigenvalue weighted by Gasteiger charge is -2.12. The van der Waals surface area contributed by atoms with E-state index in [1.165, 1.54) is 0 Å². The molecule has 0 spiro atoms. The van der Waals surface area contributed by atoms with Gasteiger partial charge in [-0.25, -0.2) is 0 Å². The number of halogens is 2. The third-order valence-corrected chi connectivity index (χ3v) is 3.60. The summed E-state index contributed by atoms with van der Waals surface area (Å²) in [6.45, 7) is -0.0640. The molecule has 0 saturated carbocycles. The number of nitrogens with zero attached hydrogens (tertiary/aromatic N) is 1. The minimum atomic E-state index is -2.78. The molecule has 0 radical (unpaired) electrons. The van der Waals surface area contributed by atoms with Crippen molar-refractivity contribution >= 4 is 11.3 Å². The third-order valence-electron chi connectivity index (χ3n) is 2.64. The Balaban J connectivity index is 1.86. The third kappa shape index (κ3) is 4.25. The SMILES string of the molecule is CC(NCc1ccc(OC(F)F)cc1)c1cncs1. The zero-order valence-corrected chi connectivity index (χ0v) is 11.2. The Morgan fingerprint density at radius 3 is 2.63 bits per heavy atom. The summed E-state index contributed by atoms with van der Waals surface area (Å²) >= 11 is 1.60. The molecule has 3 nitrogen and oxygen atoms in total. The van der Waals surface area contributed by atoms with E-state index in [2.05, 4.69) is 22.0 Å². The van der Waals surface area contributed by atoms with Gasteiger partial charge in [0, 0.05) is 23.7 Å². The number of alkyl halides is 2. The summed E-state index contributed by atoms with van der Waals surface area (Å²) in [6.07, 6.45) is 1.84. The first-order chi connectivity index (χ1) is 9.15. The van der Waals surface area contributed by atoms with Crippen LogP contribution in [-0.4, -0.2) is 11.6 Å². The topological polar surface area (TPSA) is 34.1 Å². The van der Waals surface area contributed by atoms with Crippen molar-refractivity contribution in [2.24, 2.45) is 0 Å². The van der Waals surface area contributed by atoms with Crippen molar-refractivity contribution in [1.82, 2.24) is 10.3 Å². The first kappa shape index (κ1) is 13.9.